The zero-order valence-electron chi connectivity index (χ0n) is 16.7. The van der Waals surface area contributed by atoms with Crippen LogP contribution in [0.1, 0.15) is 56.0 Å². The van der Waals surface area contributed by atoms with Gasteiger partial charge in [-0.05, 0) is 70.1 Å². The van der Waals surface area contributed by atoms with Gasteiger partial charge in [-0.15, -0.1) is 0 Å². The van der Waals surface area contributed by atoms with Crippen LogP contribution in [-0.2, 0) is 11.2 Å². The lowest BCUT2D eigenvalue weighted by molar-refractivity contribution is 0.0181. The van der Waals surface area contributed by atoms with E-state index in [9.17, 15) is 9.59 Å². The molecule has 5 nitrogen and oxygen atoms in total. The zero-order chi connectivity index (χ0) is 19.3. The first kappa shape index (κ1) is 20.3. The van der Waals surface area contributed by atoms with Crippen LogP contribution < -0.4 is 0 Å². The molecule has 1 saturated heterocycles. The van der Waals surface area contributed by atoms with Crippen molar-refractivity contribution in [2.75, 3.05) is 27.2 Å². The van der Waals surface area contributed by atoms with Crippen LogP contribution in [0.4, 0.5) is 4.79 Å². The van der Waals surface area contributed by atoms with Crippen molar-refractivity contribution in [3.63, 3.8) is 0 Å². The molecule has 0 aliphatic carbocycles. The number of benzene rings is 1. The molecule has 2 rings (SSSR count). The Kier molecular flexibility index (Phi) is 6.68. The monoisotopic (exact) mass is 360 g/mol. The summed E-state index contributed by atoms with van der Waals surface area (Å²) in [7, 11) is 3.54. The molecule has 0 bridgehead atoms. The second-order valence-electron chi connectivity index (χ2n) is 8.35. The van der Waals surface area contributed by atoms with Crippen molar-refractivity contribution in [1.29, 1.82) is 0 Å². The molecule has 1 heterocycles. The van der Waals surface area contributed by atoms with Crippen molar-refractivity contribution in [2.45, 2.75) is 52.1 Å². The van der Waals surface area contributed by atoms with Crippen molar-refractivity contribution in [1.82, 2.24) is 9.80 Å². The summed E-state index contributed by atoms with van der Waals surface area (Å²) in [6.07, 6.45) is 3.87. The van der Waals surface area contributed by atoms with Gasteiger partial charge in [0, 0.05) is 32.7 Å². The standard InChI is InChI=1S/C21H32N2O3/c1-21(2,3)26-20(25)23-13-11-16(12-14-23)9-10-17-7-6-8-18(15-17)19(24)22(4)5/h6-8,15-16H,9-14H2,1-5H3. The summed E-state index contributed by atoms with van der Waals surface area (Å²) in [6, 6.07) is 7.91. The van der Waals surface area contributed by atoms with Crippen LogP contribution in [0, 0.1) is 5.92 Å². The Balaban J connectivity index is 1.81. The van der Waals surface area contributed by atoms with E-state index < -0.39 is 5.60 Å². The van der Waals surface area contributed by atoms with Gasteiger partial charge in [0.1, 0.15) is 5.60 Å². The first-order valence-corrected chi connectivity index (χ1v) is 9.44. The smallest absolute Gasteiger partial charge is 0.410 e. The molecule has 0 atom stereocenters. The van der Waals surface area contributed by atoms with E-state index in [2.05, 4.69) is 6.07 Å². The fraction of sp³-hybridized carbons (Fsp3) is 0.619. The minimum atomic E-state index is -0.442. The highest BCUT2D eigenvalue weighted by molar-refractivity contribution is 5.94. The van der Waals surface area contributed by atoms with Gasteiger partial charge in [-0.25, -0.2) is 4.79 Å². The zero-order valence-corrected chi connectivity index (χ0v) is 16.7. The van der Waals surface area contributed by atoms with Crippen molar-refractivity contribution in [3.05, 3.63) is 35.4 Å². The van der Waals surface area contributed by atoms with E-state index in [1.54, 1.807) is 19.0 Å². The molecule has 0 unspecified atom stereocenters. The minimum absolute atomic E-state index is 0.0394. The SMILES string of the molecule is CN(C)C(=O)c1cccc(CCC2CCN(C(=O)OC(C)(C)C)CC2)c1. The summed E-state index contributed by atoms with van der Waals surface area (Å²) in [5.41, 5.74) is 1.50. The molecule has 1 aromatic carbocycles. The Labute approximate surface area is 157 Å². The maximum atomic E-state index is 12.1. The summed E-state index contributed by atoms with van der Waals surface area (Å²) in [5, 5.41) is 0. The van der Waals surface area contributed by atoms with Crippen LogP contribution in [0.2, 0.25) is 0 Å². The molecule has 5 heteroatoms. The molecular formula is C21H32N2O3. The van der Waals surface area contributed by atoms with Crippen LogP contribution in [0.25, 0.3) is 0 Å². The molecule has 0 saturated carbocycles. The Hall–Kier alpha value is -2.04. The number of ether oxygens (including phenoxy) is 1. The molecule has 0 N–H and O–H groups in total. The van der Waals surface area contributed by atoms with E-state index in [-0.39, 0.29) is 12.0 Å². The molecule has 0 spiro atoms. The number of likely N-dealkylation sites (tertiary alicyclic amines) is 1. The van der Waals surface area contributed by atoms with Crippen molar-refractivity contribution in [3.8, 4) is 0 Å². The van der Waals surface area contributed by atoms with E-state index in [1.165, 1.54) is 5.56 Å². The number of amides is 2. The highest BCUT2D eigenvalue weighted by atomic mass is 16.6. The summed E-state index contributed by atoms with van der Waals surface area (Å²) in [4.78, 5) is 27.6. The number of piperidine rings is 1. The lowest BCUT2D eigenvalue weighted by Crippen LogP contribution is -2.41. The molecule has 1 aliphatic heterocycles. The van der Waals surface area contributed by atoms with Gasteiger partial charge in [0.15, 0.2) is 0 Å². The summed E-state index contributed by atoms with van der Waals surface area (Å²) in [6.45, 7) is 7.21. The number of rotatable bonds is 4. The quantitative estimate of drug-likeness (QED) is 0.816. The maximum Gasteiger partial charge on any atom is 0.410 e. The first-order valence-electron chi connectivity index (χ1n) is 9.44. The lowest BCUT2D eigenvalue weighted by atomic mass is 9.90. The maximum absolute atomic E-state index is 12.1. The highest BCUT2D eigenvalue weighted by Crippen LogP contribution is 2.24. The number of hydrogen-bond acceptors (Lipinski definition) is 3. The largest absolute Gasteiger partial charge is 0.444 e. The Morgan fingerprint density at radius 1 is 1.19 bits per heavy atom. The van der Waals surface area contributed by atoms with Gasteiger partial charge < -0.3 is 14.5 Å². The van der Waals surface area contributed by atoms with E-state index in [0.717, 1.165) is 44.3 Å². The number of hydrogen-bond donors (Lipinski definition) is 0. The molecule has 26 heavy (non-hydrogen) atoms. The van der Waals surface area contributed by atoms with Crippen LogP contribution in [0.15, 0.2) is 24.3 Å². The van der Waals surface area contributed by atoms with E-state index in [1.807, 2.05) is 43.9 Å². The molecular weight excluding hydrogens is 328 g/mol. The predicted molar refractivity (Wildman–Crippen MR) is 103 cm³/mol. The summed E-state index contributed by atoms with van der Waals surface area (Å²) < 4.78 is 5.45. The lowest BCUT2D eigenvalue weighted by Gasteiger charge is -2.33. The molecule has 1 aliphatic rings. The summed E-state index contributed by atoms with van der Waals surface area (Å²) in [5.74, 6) is 0.652. The van der Waals surface area contributed by atoms with Crippen molar-refractivity contribution < 1.29 is 14.3 Å². The average molecular weight is 360 g/mol. The predicted octanol–water partition coefficient (Wildman–Crippen LogP) is 3.97. The van der Waals surface area contributed by atoms with E-state index in [4.69, 9.17) is 4.74 Å². The molecule has 1 aromatic rings. The van der Waals surface area contributed by atoms with Crippen LogP contribution in [-0.4, -0.2) is 54.6 Å². The average Bonchev–Trinajstić information content (AvgIpc) is 2.58. The van der Waals surface area contributed by atoms with Gasteiger partial charge in [-0.2, -0.15) is 0 Å². The van der Waals surface area contributed by atoms with Gasteiger partial charge in [-0.1, -0.05) is 12.1 Å². The van der Waals surface area contributed by atoms with Gasteiger partial charge >= 0.3 is 6.09 Å². The number of aryl methyl sites for hydroxylation is 1. The second-order valence-corrected chi connectivity index (χ2v) is 8.35. The topological polar surface area (TPSA) is 49.9 Å². The highest BCUT2D eigenvalue weighted by Gasteiger charge is 2.26. The Morgan fingerprint density at radius 2 is 1.85 bits per heavy atom. The number of nitrogens with zero attached hydrogens (tertiary/aromatic N) is 2. The fourth-order valence-electron chi connectivity index (χ4n) is 3.22. The number of carbonyl (C=O) groups is 2. The third-order valence-corrected chi connectivity index (χ3v) is 4.69. The van der Waals surface area contributed by atoms with Crippen LogP contribution >= 0.6 is 0 Å². The molecule has 1 fully saturated rings. The van der Waals surface area contributed by atoms with Crippen LogP contribution in [0.3, 0.4) is 0 Å². The van der Waals surface area contributed by atoms with Gasteiger partial charge in [-0.3, -0.25) is 4.79 Å². The van der Waals surface area contributed by atoms with Crippen molar-refractivity contribution in [2.24, 2.45) is 5.92 Å². The minimum Gasteiger partial charge on any atom is -0.444 e. The van der Waals surface area contributed by atoms with Crippen LogP contribution in [0.5, 0.6) is 0 Å². The molecule has 0 aromatic heterocycles. The summed E-state index contributed by atoms with van der Waals surface area (Å²) >= 11 is 0. The molecule has 0 radical (unpaired) electrons. The number of carbonyl (C=O) groups excluding carboxylic acids is 2. The van der Waals surface area contributed by atoms with Gasteiger partial charge in [0.25, 0.3) is 5.91 Å². The van der Waals surface area contributed by atoms with E-state index >= 15 is 0 Å². The fourth-order valence-corrected chi connectivity index (χ4v) is 3.22. The third kappa shape index (κ3) is 6.04. The first-order chi connectivity index (χ1) is 12.2. The molecule has 144 valence electrons. The normalized spacial score (nSPS) is 15.7. The Morgan fingerprint density at radius 3 is 2.42 bits per heavy atom. The molecule has 2 amide bonds. The third-order valence-electron chi connectivity index (χ3n) is 4.69. The van der Waals surface area contributed by atoms with Crippen molar-refractivity contribution >= 4 is 12.0 Å². The van der Waals surface area contributed by atoms with E-state index in [0.29, 0.717) is 5.92 Å². The Bertz CT molecular complexity index is 626. The second kappa shape index (κ2) is 8.56. The van der Waals surface area contributed by atoms with Gasteiger partial charge in [0.2, 0.25) is 0 Å². The van der Waals surface area contributed by atoms with Gasteiger partial charge in [0.05, 0.1) is 0 Å².